The summed E-state index contributed by atoms with van der Waals surface area (Å²) in [5, 5.41) is 3.22. The Hall–Kier alpha value is -0.620. The summed E-state index contributed by atoms with van der Waals surface area (Å²) in [6.45, 7) is 2.19. The Kier molecular flexibility index (Phi) is 2.97. The molecule has 6 heteroatoms. The molecule has 2 heterocycles. The molecule has 5 nitrogen and oxygen atoms in total. The molecule has 2 saturated heterocycles. The van der Waals surface area contributed by atoms with Gasteiger partial charge in [-0.2, -0.15) is 0 Å². The average molecular weight is 232 g/mol. The van der Waals surface area contributed by atoms with Gasteiger partial charge in [-0.1, -0.05) is 0 Å². The summed E-state index contributed by atoms with van der Waals surface area (Å²) in [4.78, 5) is 11.4. The van der Waals surface area contributed by atoms with Crippen molar-refractivity contribution in [3.63, 3.8) is 0 Å². The van der Waals surface area contributed by atoms with Crippen LogP contribution in [-0.2, 0) is 14.8 Å². The van der Waals surface area contributed by atoms with Gasteiger partial charge in [0.15, 0.2) is 0 Å². The van der Waals surface area contributed by atoms with Crippen LogP contribution in [0.2, 0.25) is 0 Å². The van der Waals surface area contributed by atoms with E-state index in [1.165, 1.54) is 0 Å². The van der Waals surface area contributed by atoms with E-state index in [0.29, 0.717) is 6.54 Å². The van der Waals surface area contributed by atoms with E-state index in [1.54, 1.807) is 0 Å². The largest absolute Gasteiger partial charge is 0.316 e. The van der Waals surface area contributed by atoms with Crippen molar-refractivity contribution in [1.82, 2.24) is 9.62 Å². The second-order valence-corrected chi connectivity index (χ2v) is 6.22. The third-order valence-electron chi connectivity index (χ3n) is 3.01. The number of carbonyl (C=O) groups excluding carboxylic acids is 1. The van der Waals surface area contributed by atoms with Gasteiger partial charge in [0.25, 0.3) is 0 Å². The van der Waals surface area contributed by atoms with Gasteiger partial charge >= 0.3 is 0 Å². The summed E-state index contributed by atoms with van der Waals surface area (Å²) >= 11 is 0. The van der Waals surface area contributed by atoms with Crippen molar-refractivity contribution in [3.8, 4) is 0 Å². The summed E-state index contributed by atoms with van der Waals surface area (Å²) in [5.41, 5.74) is 0. The number of nitrogens with one attached hydrogen (secondary N) is 1. The van der Waals surface area contributed by atoms with E-state index in [2.05, 4.69) is 5.32 Å². The Morgan fingerprint density at radius 2 is 2.27 bits per heavy atom. The predicted octanol–water partition coefficient (Wildman–Crippen LogP) is -0.452. The first-order valence-corrected chi connectivity index (χ1v) is 6.94. The number of rotatable bonds is 2. The molecule has 0 aliphatic carbocycles. The molecular weight excluding hydrogens is 216 g/mol. The summed E-state index contributed by atoms with van der Waals surface area (Å²) in [6, 6.07) is 0. The van der Waals surface area contributed by atoms with E-state index in [-0.39, 0.29) is 24.0 Å². The second kappa shape index (κ2) is 4.09. The van der Waals surface area contributed by atoms with Crippen molar-refractivity contribution in [3.05, 3.63) is 0 Å². The lowest BCUT2D eigenvalue weighted by Crippen LogP contribution is -2.40. The van der Waals surface area contributed by atoms with Crippen LogP contribution in [0.25, 0.3) is 0 Å². The molecule has 0 spiro atoms. The standard InChI is InChI=1S/C9H16N2O3S/c12-9-3-5-15(13,14)11(9)7-8-2-1-4-10-6-8/h8,10H,1-7H2. The molecule has 2 aliphatic rings. The van der Waals surface area contributed by atoms with E-state index >= 15 is 0 Å². The molecule has 1 atom stereocenters. The van der Waals surface area contributed by atoms with Crippen LogP contribution in [0.1, 0.15) is 19.3 Å². The molecule has 1 N–H and O–H groups in total. The molecule has 15 heavy (non-hydrogen) atoms. The molecular formula is C9H16N2O3S. The fraction of sp³-hybridized carbons (Fsp3) is 0.889. The number of sulfonamides is 1. The summed E-state index contributed by atoms with van der Waals surface area (Å²) in [7, 11) is -3.28. The maximum atomic E-state index is 11.5. The molecule has 2 rings (SSSR count). The zero-order valence-corrected chi connectivity index (χ0v) is 9.42. The van der Waals surface area contributed by atoms with Crippen molar-refractivity contribution in [1.29, 1.82) is 0 Å². The van der Waals surface area contributed by atoms with Crippen LogP contribution < -0.4 is 5.32 Å². The Balaban J connectivity index is 2.00. The SMILES string of the molecule is O=C1CCS(=O)(=O)N1CC1CCCNC1. The van der Waals surface area contributed by atoms with Gasteiger partial charge in [-0.05, 0) is 31.8 Å². The number of piperidine rings is 1. The first-order valence-electron chi connectivity index (χ1n) is 5.33. The van der Waals surface area contributed by atoms with E-state index in [9.17, 15) is 13.2 Å². The lowest BCUT2D eigenvalue weighted by molar-refractivity contribution is -0.125. The van der Waals surface area contributed by atoms with E-state index < -0.39 is 10.0 Å². The van der Waals surface area contributed by atoms with Crippen LogP contribution in [0, 0.1) is 5.92 Å². The Labute approximate surface area is 89.9 Å². The van der Waals surface area contributed by atoms with Crippen LogP contribution in [-0.4, -0.2) is 44.0 Å². The minimum atomic E-state index is -3.28. The molecule has 0 aromatic heterocycles. The van der Waals surface area contributed by atoms with Crippen LogP contribution in [0.4, 0.5) is 0 Å². The summed E-state index contributed by atoms with van der Waals surface area (Å²) in [5.74, 6) is 0.0440. The van der Waals surface area contributed by atoms with Gasteiger partial charge in [-0.3, -0.25) is 4.79 Å². The van der Waals surface area contributed by atoms with Gasteiger partial charge < -0.3 is 5.32 Å². The molecule has 86 valence electrons. The highest BCUT2D eigenvalue weighted by Crippen LogP contribution is 2.20. The van der Waals surface area contributed by atoms with Gasteiger partial charge in [-0.15, -0.1) is 0 Å². The number of nitrogens with zero attached hydrogens (tertiary/aromatic N) is 1. The number of hydrogen-bond acceptors (Lipinski definition) is 4. The lowest BCUT2D eigenvalue weighted by atomic mass is 10.00. The zero-order chi connectivity index (χ0) is 10.9. The molecule has 0 radical (unpaired) electrons. The maximum Gasteiger partial charge on any atom is 0.237 e. The van der Waals surface area contributed by atoms with Crippen LogP contribution in [0.5, 0.6) is 0 Å². The summed E-state index contributed by atoms with van der Waals surface area (Å²) < 4.78 is 24.1. The van der Waals surface area contributed by atoms with Gasteiger partial charge in [-0.25, -0.2) is 12.7 Å². The fourth-order valence-corrected chi connectivity index (χ4v) is 3.63. The van der Waals surface area contributed by atoms with Gasteiger partial charge in [0, 0.05) is 13.0 Å². The normalized spacial score (nSPS) is 30.8. The van der Waals surface area contributed by atoms with Gasteiger partial charge in [0.05, 0.1) is 5.75 Å². The van der Waals surface area contributed by atoms with Gasteiger partial charge in [0.2, 0.25) is 15.9 Å². The minimum Gasteiger partial charge on any atom is -0.316 e. The Morgan fingerprint density at radius 3 is 2.80 bits per heavy atom. The first kappa shape index (κ1) is 10.9. The zero-order valence-electron chi connectivity index (χ0n) is 8.61. The van der Waals surface area contributed by atoms with Gasteiger partial charge in [0.1, 0.15) is 0 Å². The monoisotopic (exact) mass is 232 g/mol. The third-order valence-corrected chi connectivity index (χ3v) is 4.76. The molecule has 2 aliphatic heterocycles. The maximum absolute atomic E-state index is 11.5. The number of amides is 1. The molecule has 2 fully saturated rings. The van der Waals surface area contributed by atoms with Crippen molar-refractivity contribution < 1.29 is 13.2 Å². The molecule has 0 saturated carbocycles. The molecule has 0 bridgehead atoms. The number of carbonyl (C=O) groups is 1. The summed E-state index contributed by atoms with van der Waals surface area (Å²) in [6.07, 6.45) is 2.22. The van der Waals surface area contributed by atoms with Crippen LogP contribution in [0.3, 0.4) is 0 Å². The molecule has 0 aromatic carbocycles. The van der Waals surface area contributed by atoms with E-state index in [4.69, 9.17) is 0 Å². The van der Waals surface area contributed by atoms with E-state index in [1.807, 2.05) is 0 Å². The lowest BCUT2D eigenvalue weighted by Gasteiger charge is -2.26. The highest BCUT2D eigenvalue weighted by molar-refractivity contribution is 7.90. The predicted molar refractivity (Wildman–Crippen MR) is 55.7 cm³/mol. The fourth-order valence-electron chi connectivity index (χ4n) is 2.14. The minimum absolute atomic E-state index is 0.00795. The topological polar surface area (TPSA) is 66.5 Å². The average Bonchev–Trinajstić information content (AvgIpc) is 2.47. The Morgan fingerprint density at radius 1 is 1.47 bits per heavy atom. The molecule has 1 amide bonds. The van der Waals surface area contributed by atoms with Crippen molar-refractivity contribution in [2.75, 3.05) is 25.4 Å². The molecule has 1 unspecified atom stereocenters. The highest BCUT2D eigenvalue weighted by atomic mass is 32.2. The number of hydrogen-bond donors (Lipinski definition) is 1. The van der Waals surface area contributed by atoms with Crippen molar-refractivity contribution in [2.45, 2.75) is 19.3 Å². The van der Waals surface area contributed by atoms with Crippen molar-refractivity contribution >= 4 is 15.9 Å². The third kappa shape index (κ3) is 2.31. The quantitative estimate of drug-likeness (QED) is 0.700. The van der Waals surface area contributed by atoms with Crippen LogP contribution in [0.15, 0.2) is 0 Å². The van der Waals surface area contributed by atoms with Crippen LogP contribution >= 0.6 is 0 Å². The molecule has 0 aromatic rings. The first-order chi connectivity index (χ1) is 7.09. The highest BCUT2D eigenvalue weighted by Gasteiger charge is 2.36. The smallest absolute Gasteiger partial charge is 0.237 e. The second-order valence-electron chi connectivity index (χ2n) is 4.20. The Bertz CT molecular complexity index is 346. The van der Waals surface area contributed by atoms with Crippen molar-refractivity contribution in [2.24, 2.45) is 5.92 Å². The van der Waals surface area contributed by atoms with E-state index in [0.717, 1.165) is 30.2 Å².